The maximum Gasteiger partial charge on any atom is 0.192 e. The van der Waals surface area contributed by atoms with Crippen molar-refractivity contribution in [3.05, 3.63) is 48.0 Å². The van der Waals surface area contributed by atoms with Crippen LogP contribution in [-0.4, -0.2) is 26.8 Å². The van der Waals surface area contributed by atoms with Crippen LogP contribution < -0.4 is 0 Å². The normalized spacial score (nSPS) is 13.2. The molecule has 3 nitrogen and oxygen atoms in total. The molecule has 0 spiro atoms. The molecule has 0 aliphatic heterocycles. The minimum atomic E-state index is -1.65. The highest BCUT2D eigenvalue weighted by Gasteiger charge is 2.31. The third-order valence-electron chi connectivity index (χ3n) is 5.01. The molecule has 0 radical (unpaired) electrons. The molecule has 146 valence electrons. The zero-order chi connectivity index (χ0) is 19.3. The third-order valence-corrected chi connectivity index (χ3v) is 9.71. The highest BCUT2D eigenvalue weighted by atomic mass is 28.4. The van der Waals surface area contributed by atoms with E-state index in [-0.39, 0.29) is 11.9 Å². The van der Waals surface area contributed by atoms with Crippen LogP contribution in [0.15, 0.2) is 42.5 Å². The number of allylic oxidation sites excluding steroid dienone is 2. The maximum absolute atomic E-state index is 11.0. The molecule has 0 aromatic heterocycles. The summed E-state index contributed by atoms with van der Waals surface area (Å²) in [6.45, 7) is 9.64. The fourth-order valence-corrected chi connectivity index (χ4v) is 6.02. The van der Waals surface area contributed by atoms with Gasteiger partial charge in [0, 0.05) is 0 Å². The van der Waals surface area contributed by atoms with E-state index in [1.807, 2.05) is 24.3 Å². The number of benzene rings is 1. The van der Waals surface area contributed by atoms with Crippen LogP contribution >= 0.6 is 0 Å². The molecule has 4 heteroatoms. The van der Waals surface area contributed by atoms with Crippen molar-refractivity contribution in [3.8, 4) is 0 Å². The second kappa shape index (κ2) is 13.0. The van der Waals surface area contributed by atoms with Gasteiger partial charge in [-0.3, -0.25) is 4.79 Å². The zero-order valence-electron chi connectivity index (χ0n) is 17.0. The molecule has 0 aliphatic rings. The van der Waals surface area contributed by atoms with Crippen molar-refractivity contribution in [2.75, 3.05) is 6.61 Å². The third kappa shape index (κ3) is 8.92. The highest BCUT2D eigenvalue weighted by Crippen LogP contribution is 2.25. The Kier molecular flexibility index (Phi) is 11.4. The van der Waals surface area contributed by atoms with E-state index >= 15 is 0 Å². The predicted octanol–water partition coefficient (Wildman–Crippen LogP) is 5.91. The molecule has 26 heavy (non-hydrogen) atoms. The van der Waals surface area contributed by atoms with Gasteiger partial charge in [-0.2, -0.15) is 0 Å². The van der Waals surface area contributed by atoms with E-state index < -0.39 is 8.32 Å². The van der Waals surface area contributed by atoms with Crippen molar-refractivity contribution in [1.82, 2.24) is 0 Å². The van der Waals surface area contributed by atoms with Gasteiger partial charge < -0.3 is 9.16 Å². The van der Waals surface area contributed by atoms with Gasteiger partial charge in [0.2, 0.25) is 0 Å². The highest BCUT2D eigenvalue weighted by molar-refractivity contribution is 6.73. The Hall–Kier alpha value is -1.23. The summed E-state index contributed by atoms with van der Waals surface area (Å²) in [7, 11) is -1.65. The molecule has 0 amide bonds. The van der Waals surface area contributed by atoms with Gasteiger partial charge in [0.15, 0.2) is 14.1 Å². The second-order valence-corrected chi connectivity index (χ2v) is 11.7. The average Bonchev–Trinajstić information content (AvgIpc) is 2.66. The average molecular weight is 377 g/mol. The number of hydrogen-bond acceptors (Lipinski definition) is 3. The van der Waals surface area contributed by atoms with E-state index in [1.54, 1.807) is 13.0 Å². The quantitative estimate of drug-likeness (QED) is 0.230. The van der Waals surface area contributed by atoms with Crippen LogP contribution in [0.1, 0.15) is 52.5 Å². The van der Waals surface area contributed by atoms with Crippen LogP contribution in [0.2, 0.25) is 18.1 Å². The van der Waals surface area contributed by atoms with E-state index in [0.29, 0.717) is 13.2 Å². The standard InChI is InChI=1S/C22H36O3Si/c1-5-26(6-2,7-3)25-22(17-13-8-10-14-20(4)23)19-24-18-21-15-11-9-12-16-21/h9-12,14-16,22H,5-8,13,17-19H2,1-4H3/b14-10+. The van der Waals surface area contributed by atoms with Gasteiger partial charge in [-0.1, -0.05) is 57.2 Å². The predicted molar refractivity (Wildman–Crippen MR) is 112 cm³/mol. The van der Waals surface area contributed by atoms with Crippen LogP contribution in [0.4, 0.5) is 0 Å². The van der Waals surface area contributed by atoms with E-state index in [0.717, 1.165) is 37.4 Å². The number of unbranched alkanes of at least 4 members (excludes halogenated alkanes) is 1. The van der Waals surface area contributed by atoms with Crippen molar-refractivity contribution in [2.24, 2.45) is 0 Å². The first-order chi connectivity index (χ1) is 12.5. The minimum absolute atomic E-state index is 0.110. The van der Waals surface area contributed by atoms with Gasteiger partial charge in [0.1, 0.15) is 0 Å². The molecule has 0 saturated heterocycles. The molecule has 0 fully saturated rings. The van der Waals surface area contributed by atoms with Crippen molar-refractivity contribution in [1.29, 1.82) is 0 Å². The molecule has 1 atom stereocenters. The van der Waals surface area contributed by atoms with Gasteiger partial charge in [-0.25, -0.2) is 0 Å². The van der Waals surface area contributed by atoms with Gasteiger partial charge in [-0.15, -0.1) is 0 Å². The van der Waals surface area contributed by atoms with Crippen molar-refractivity contribution in [3.63, 3.8) is 0 Å². The molecule has 1 unspecified atom stereocenters. The Morgan fingerprint density at radius 3 is 2.35 bits per heavy atom. The summed E-state index contributed by atoms with van der Waals surface area (Å²) in [5.41, 5.74) is 1.20. The molecule has 1 rings (SSSR count). The summed E-state index contributed by atoms with van der Waals surface area (Å²) in [6.07, 6.45) is 6.68. The van der Waals surface area contributed by atoms with Crippen LogP contribution in [0, 0.1) is 0 Å². The van der Waals surface area contributed by atoms with Gasteiger partial charge in [0.25, 0.3) is 0 Å². The topological polar surface area (TPSA) is 35.5 Å². The summed E-state index contributed by atoms with van der Waals surface area (Å²) >= 11 is 0. The van der Waals surface area contributed by atoms with E-state index in [4.69, 9.17) is 9.16 Å². The lowest BCUT2D eigenvalue weighted by molar-refractivity contribution is -0.112. The zero-order valence-corrected chi connectivity index (χ0v) is 18.0. The van der Waals surface area contributed by atoms with E-state index in [9.17, 15) is 4.79 Å². The summed E-state index contributed by atoms with van der Waals surface area (Å²) in [5, 5.41) is 0. The molecule has 0 bridgehead atoms. The number of ether oxygens (including phenoxy) is 1. The number of rotatable bonds is 14. The maximum atomic E-state index is 11.0. The lowest BCUT2D eigenvalue weighted by Crippen LogP contribution is -2.41. The fourth-order valence-electron chi connectivity index (χ4n) is 3.12. The summed E-state index contributed by atoms with van der Waals surface area (Å²) in [5.74, 6) is 0.110. The fraction of sp³-hybridized carbons (Fsp3) is 0.591. The molecular formula is C22H36O3Si. The number of ketones is 1. The van der Waals surface area contributed by atoms with Crippen molar-refractivity contribution >= 4 is 14.1 Å². The van der Waals surface area contributed by atoms with Crippen LogP contribution in [0.5, 0.6) is 0 Å². The molecule has 0 heterocycles. The number of carbonyl (C=O) groups is 1. The largest absolute Gasteiger partial charge is 0.412 e. The molecule has 0 saturated carbocycles. The van der Waals surface area contributed by atoms with Crippen LogP contribution in [0.25, 0.3) is 0 Å². The summed E-state index contributed by atoms with van der Waals surface area (Å²) in [4.78, 5) is 11.0. The van der Waals surface area contributed by atoms with E-state index in [2.05, 4.69) is 32.9 Å². The summed E-state index contributed by atoms with van der Waals surface area (Å²) < 4.78 is 12.7. The Morgan fingerprint density at radius 1 is 1.12 bits per heavy atom. The molecule has 1 aromatic carbocycles. The lowest BCUT2D eigenvalue weighted by atomic mass is 10.1. The first-order valence-corrected chi connectivity index (χ1v) is 12.5. The van der Waals surface area contributed by atoms with Gasteiger partial charge in [-0.05, 0) is 56.0 Å². The molecule has 0 aliphatic carbocycles. The van der Waals surface area contributed by atoms with Gasteiger partial charge in [0.05, 0.1) is 19.3 Å². The minimum Gasteiger partial charge on any atom is -0.412 e. The van der Waals surface area contributed by atoms with Crippen LogP contribution in [0.3, 0.4) is 0 Å². The molecule has 1 aromatic rings. The second-order valence-electron chi connectivity index (χ2n) is 6.93. The van der Waals surface area contributed by atoms with Crippen molar-refractivity contribution < 1.29 is 14.0 Å². The first-order valence-electron chi connectivity index (χ1n) is 10.0. The van der Waals surface area contributed by atoms with Gasteiger partial charge >= 0.3 is 0 Å². The Labute approximate surface area is 160 Å². The van der Waals surface area contributed by atoms with Crippen molar-refractivity contribution in [2.45, 2.75) is 77.8 Å². The number of hydrogen-bond donors (Lipinski definition) is 0. The Bertz CT molecular complexity index is 515. The smallest absolute Gasteiger partial charge is 0.192 e. The van der Waals surface area contributed by atoms with Crippen LogP contribution in [-0.2, 0) is 20.6 Å². The molecular weight excluding hydrogens is 340 g/mol. The monoisotopic (exact) mass is 376 g/mol. The van der Waals surface area contributed by atoms with E-state index in [1.165, 1.54) is 5.56 Å². The first kappa shape index (κ1) is 22.8. The SMILES string of the molecule is CC[Si](CC)(CC)OC(CCC/C=C/C(C)=O)COCc1ccccc1. The lowest BCUT2D eigenvalue weighted by Gasteiger charge is -2.33. The molecule has 0 N–H and O–H groups in total. The number of carbonyl (C=O) groups excluding carboxylic acids is 1. The Morgan fingerprint density at radius 2 is 1.77 bits per heavy atom. The summed E-state index contributed by atoms with van der Waals surface area (Å²) in [6, 6.07) is 13.7. The Balaban J connectivity index is 2.57.